The van der Waals surface area contributed by atoms with E-state index in [1.54, 1.807) is 42.5 Å². The average molecular weight is 408 g/mol. The van der Waals surface area contributed by atoms with E-state index in [0.29, 0.717) is 47.5 Å². The monoisotopic (exact) mass is 407 g/mol. The van der Waals surface area contributed by atoms with Crippen molar-refractivity contribution in [1.29, 1.82) is 0 Å². The van der Waals surface area contributed by atoms with E-state index in [1.807, 2.05) is 11.0 Å². The molecule has 1 heterocycles. The number of rotatable bonds is 4. The van der Waals surface area contributed by atoms with Crippen LogP contribution in [0.3, 0.4) is 0 Å². The number of carbonyl (C=O) groups is 2. The molecule has 2 aromatic rings. The van der Waals surface area contributed by atoms with Crippen molar-refractivity contribution in [2.24, 2.45) is 0 Å². The van der Waals surface area contributed by atoms with Crippen LogP contribution in [0, 0.1) is 0 Å². The van der Waals surface area contributed by atoms with Crippen molar-refractivity contribution in [3.8, 4) is 0 Å². The zero-order valence-corrected chi connectivity index (χ0v) is 16.0. The normalized spacial score (nSPS) is 15.8. The molecule has 27 heavy (non-hydrogen) atoms. The molecule has 0 aromatic heterocycles. The Balaban J connectivity index is 1.77. The maximum Gasteiger partial charge on any atom is 0.269 e. The van der Waals surface area contributed by atoms with Crippen molar-refractivity contribution in [3.63, 3.8) is 0 Å². The van der Waals surface area contributed by atoms with Gasteiger partial charge in [0.15, 0.2) is 0 Å². The van der Waals surface area contributed by atoms with Crippen LogP contribution < -0.4 is 10.9 Å². The molecule has 2 aromatic carbocycles. The quantitative estimate of drug-likeness (QED) is 0.764. The van der Waals surface area contributed by atoms with Crippen molar-refractivity contribution in [2.45, 2.75) is 6.04 Å². The topological polar surface area (TPSA) is 70.7 Å². The smallest absolute Gasteiger partial charge is 0.269 e. The number of nitrogens with zero attached hydrogens (tertiary/aromatic N) is 1. The highest BCUT2D eigenvalue weighted by Crippen LogP contribution is 2.30. The van der Waals surface area contributed by atoms with Gasteiger partial charge in [-0.05, 0) is 29.8 Å². The SMILES string of the molecule is O=C(NNC(=O)C(c1ccc(Cl)cc1Cl)N1CCOCC1)c1ccccc1. The second-order valence-electron chi connectivity index (χ2n) is 6.03. The summed E-state index contributed by atoms with van der Waals surface area (Å²) in [7, 11) is 0. The van der Waals surface area contributed by atoms with Crippen LogP contribution in [0.25, 0.3) is 0 Å². The number of hydrogen-bond acceptors (Lipinski definition) is 4. The van der Waals surface area contributed by atoms with Gasteiger partial charge >= 0.3 is 0 Å². The van der Waals surface area contributed by atoms with E-state index in [0.717, 1.165) is 0 Å². The second kappa shape index (κ2) is 9.19. The molecule has 0 spiro atoms. The Kier molecular flexibility index (Phi) is 6.68. The van der Waals surface area contributed by atoms with Gasteiger partial charge in [-0.25, -0.2) is 0 Å². The molecule has 142 valence electrons. The van der Waals surface area contributed by atoms with Gasteiger partial charge in [-0.3, -0.25) is 25.3 Å². The molecule has 2 N–H and O–H groups in total. The third-order valence-corrected chi connectivity index (χ3v) is 4.81. The zero-order chi connectivity index (χ0) is 19.2. The van der Waals surface area contributed by atoms with Gasteiger partial charge in [-0.15, -0.1) is 0 Å². The summed E-state index contributed by atoms with van der Waals surface area (Å²) in [6.45, 7) is 2.18. The number of ether oxygens (including phenoxy) is 1. The van der Waals surface area contributed by atoms with E-state index in [1.165, 1.54) is 0 Å². The summed E-state index contributed by atoms with van der Waals surface area (Å²) in [5, 5.41) is 0.880. The number of benzene rings is 2. The minimum atomic E-state index is -0.672. The molecule has 1 unspecified atom stereocenters. The Labute approximate surface area is 167 Å². The molecule has 1 fully saturated rings. The van der Waals surface area contributed by atoms with Crippen molar-refractivity contribution in [2.75, 3.05) is 26.3 Å². The Bertz CT molecular complexity index is 811. The lowest BCUT2D eigenvalue weighted by molar-refractivity contribution is -0.129. The summed E-state index contributed by atoms with van der Waals surface area (Å²) in [5.74, 6) is -0.780. The fourth-order valence-corrected chi connectivity index (χ4v) is 3.42. The fourth-order valence-electron chi connectivity index (χ4n) is 2.91. The van der Waals surface area contributed by atoms with E-state index >= 15 is 0 Å². The Morgan fingerprint density at radius 2 is 1.70 bits per heavy atom. The van der Waals surface area contributed by atoms with Gasteiger partial charge in [0.1, 0.15) is 6.04 Å². The van der Waals surface area contributed by atoms with Crippen LogP contribution in [0.1, 0.15) is 22.0 Å². The predicted molar refractivity (Wildman–Crippen MR) is 104 cm³/mol. The molecule has 0 bridgehead atoms. The summed E-state index contributed by atoms with van der Waals surface area (Å²) in [5.41, 5.74) is 6.03. The van der Waals surface area contributed by atoms with Crippen LogP contribution in [0.2, 0.25) is 10.0 Å². The van der Waals surface area contributed by atoms with Crippen LogP contribution in [-0.4, -0.2) is 43.0 Å². The number of hydrazine groups is 1. The molecule has 0 radical (unpaired) electrons. The lowest BCUT2D eigenvalue weighted by Gasteiger charge is -2.34. The van der Waals surface area contributed by atoms with Crippen molar-refractivity contribution < 1.29 is 14.3 Å². The van der Waals surface area contributed by atoms with Crippen LogP contribution in [-0.2, 0) is 9.53 Å². The van der Waals surface area contributed by atoms with Gasteiger partial charge < -0.3 is 4.74 Å². The second-order valence-corrected chi connectivity index (χ2v) is 6.87. The Morgan fingerprint density at radius 3 is 2.37 bits per heavy atom. The highest BCUT2D eigenvalue weighted by Gasteiger charge is 2.31. The van der Waals surface area contributed by atoms with E-state index in [-0.39, 0.29) is 5.91 Å². The highest BCUT2D eigenvalue weighted by atomic mass is 35.5. The van der Waals surface area contributed by atoms with Gasteiger partial charge in [0.05, 0.1) is 13.2 Å². The molecule has 1 aliphatic heterocycles. The lowest BCUT2D eigenvalue weighted by Crippen LogP contribution is -2.50. The van der Waals surface area contributed by atoms with E-state index in [9.17, 15) is 9.59 Å². The molecule has 1 saturated heterocycles. The number of hydrogen-bond donors (Lipinski definition) is 2. The molecular weight excluding hydrogens is 389 g/mol. The van der Waals surface area contributed by atoms with Crippen LogP contribution in [0.15, 0.2) is 48.5 Å². The van der Waals surface area contributed by atoms with E-state index in [4.69, 9.17) is 27.9 Å². The van der Waals surface area contributed by atoms with Crippen LogP contribution in [0.5, 0.6) is 0 Å². The first-order chi connectivity index (χ1) is 13.1. The lowest BCUT2D eigenvalue weighted by atomic mass is 10.0. The first kappa shape index (κ1) is 19.6. The molecule has 1 atom stereocenters. The molecule has 2 amide bonds. The first-order valence-corrected chi connectivity index (χ1v) is 9.24. The van der Waals surface area contributed by atoms with Crippen molar-refractivity contribution in [1.82, 2.24) is 15.8 Å². The maximum atomic E-state index is 12.9. The van der Waals surface area contributed by atoms with Gasteiger partial charge in [0.25, 0.3) is 11.8 Å². The number of carbonyl (C=O) groups excluding carboxylic acids is 2. The summed E-state index contributed by atoms with van der Waals surface area (Å²) in [6.07, 6.45) is 0. The average Bonchev–Trinajstić information content (AvgIpc) is 2.69. The van der Waals surface area contributed by atoms with Gasteiger partial charge in [-0.1, -0.05) is 47.5 Å². The third kappa shape index (κ3) is 4.99. The van der Waals surface area contributed by atoms with Crippen LogP contribution >= 0.6 is 23.2 Å². The fraction of sp³-hybridized carbons (Fsp3) is 0.263. The van der Waals surface area contributed by atoms with Gasteiger partial charge in [0.2, 0.25) is 0 Å². The molecule has 1 aliphatic rings. The van der Waals surface area contributed by atoms with Crippen LogP contribution in [0.4, 0.5) is 0 Å². The largest absolute Gasteiger partial charge is 0.379 e. The minimum Gasteiger partial charge on any atom is -0.379 e. The predicted octanol–water partition coefficient (Wildman–Crippen LogP) is 2.83. The molecule has 0 aliphatic carbocycles. The zero-order valence-electron chi connectivity index (χ0n) is 14.5. The summed E-state index contributed by atoms with van der Waals surface area (Å²) in [4.78, 5) is 27.1. The van der Waals surface area contributed by atoms with Gasteiger partial charge in [-0.2, -0.15) is 0 Å². The molecular formula is C19H19Cl2N3O3. The first-order valence-electron chi connectivity index (χ1n) is 8.48. The number of halogens is 2. The summed E-state index contributed by atoms with van der Waals surface area (Å²) < 4.78 is 5.37. The third-order valence-electron chi connectivity index (χ3n) is 4.25. The highest BCUT2D eigenvalue weighted by molar-refractivity contribution is 6.35. The number of nitrogens with one attached hydrogen (secondary N) is 2. The molecule has 8 heteroatoms. The van der Waals surface area contributed by atoms with E-state index < -0.39 is 11.9 Å². The molecule has 0 saturated carbocycles. The Hall–Kier alpha value is -2.12. The minimum absolute atomic E-state index is 0.384. The summed E-state index contributed by atoms with van der Waals surface area (Å²) >= 11 is 12.3. The standard InChI is InChI=1S/C19H19Cl2N3O3/c20-14-6-7-15(16(21)12-14)17(24-8-10-27-11-9-24)19(26)23-22-18(25)13-4-2-1-3-5-13/h1-7,12,17H,8-11H2,(H,22,25)(H,23,26). The van der Waals surface area contributed by atoms with Crippen molar-refractivity contribution in [3.05, 3.63) is 69.7 Å². The van der Waals surface area contributed by atoms with E-state index in [2.05, 4.69) is 10.9 Å². The Morgan fingerprint density at radius 1 is 1.00 bits per heavy atom. The van der Waals surface area contributed by atoms with Crippen molar-refractivity contribution >= 4 is 35.0 Å². The molecule has 6 nitrogen and oxygen atoms in total. The number of amides is 2. The maximum absolute atomic E-state index is 12.9. The van der Waals surface area contributed by atoms with Gasteiger partial charge in [0, 0.05) is 28.7 Å². The molecule has 3 rings (SSSR count). The summed E-state index contributed by atoms with van der Waals surface area (Å²) in [6, 6.07) is 13.0. The number of morpholine rings is 1.